The fraction of sp³-hybridized carbons (Fsp3) is 0.278. The van der Waals surface area contributed by atoms with Gasteiger partial charge in [0.2, 0.25) is 0 Å². The summed E-state index contributed by atoms with van der Waals surface area (Å²) in [7, 11) is 0. The normalized spacial score (nSPS) is 11.8. The zero-order valence-electron chi connectivity index (χ0n) is 12.1. The van der Waals surface area contributed by atoms with Gasteiger partial charge in [0.25, 0.3) is 0 Å². The van der Waals surface area contributed by atoms with E-state index >= 15 is 0 Å². The molecule has 20 heavy (non-hydrogen) atoms. The van der Waals surface area contributed by atoms with Gasteiger partial charge >= 0.3 is 0 Å². The van der Waals surface area contributed by atoms with E-state index in [1.165, 1.54) is 5.56 Å². The van der Waals surface area contributed by atoms with Crippen molar-refractivity contribution >= 4 is 0 Å². The minimum atomic E-state index is 0.342. The van der Waals surface area contributed by atoms with Gasteiger partial charge in [-0.2, -0.15) is 5.26 Å². The van der Waals surface area contributed by atoms with Crippen molar-refractivity contribution in [3.63, 3.8) is 0 Å². The largest absolute Gasteiger partial charge is 0.310 e. The molecular formula is C18H20N2. The topological polar surface area (TPSA) is 35.8 Å². The predicted molar refractivity (Wildman–Crippen MR) is 83.3 cm³/mol. The van der Waals surface area contributed by atoms with Gasteiger partial charge in [-0.3, -0.25) is 0 Å². The maximum absolute atomic E-state index is 8.99. The molecule has 0 aliphatic heterocycles. The fourth-order valence-electron chi connectivity index (χ4n) is 2.23. The molecule has 1 atom stereocenters. The van der Waals surface area contributed by atoms with Crippen molar-refractivity contribution in [2.45, 2.75) is 26.3 Å². The summed E-state index contributed by atoms with van der Waals surface area (Å²) in [4.78, 5) is 0. The first-order chi connectivity index (χ1) is 9.74. The van der Waals surface area contributed by atoms with Gasteiger partial charge in [-0.25, -0.2) is 0 Å². The van der Waals surface area contributed by atoms with E-state index in [1.54, 1.807) is 0 Å². The SMILES string of the molecule is CCCNC(C)c1cccc(-c2cccc(C#N)c2)c1. The van der Waals surface area contributed by atoms with Crippen LogP contribution in [0.2, 0.25) is 0 Å². The Morgan fingerprint density at radius 3 is 2.50 bits per heavy atom. The first kappa shape index (κ1) is 14.3. The Kier molecular flexibility index (Phi) is 4.92. The van der Waals surface area contributed by atoms with E-state index in [-0.39, 0.29) is 0 Å². The predicted octanol–water partition coefficient (Wildman–Crippen LogP) is 4.29. The van der Waals surface area contributed by atoms with Crippen LogP contribution in [0.5, 0.6) is 0 Å². The van der Waals surface area contributed by atoms with Gasteiger partial charge < -0.3 is 5.32 Å². The molecule has 0 aliphatic rings. The number of benzene rings is 2. The van der Waals surface area contributed by atoms with Crippen LogP contribution in [0, 0.1) is 11.3 Å². The summed E-state index contributed by atoms with van der Waals surface area (Å²) in [6.07, 6.45) is 1.13. The maximum Gasteiger partial charge on any atom is 0.0991 e. The van der Waals surface area contributed by atoms with E-state index in [0.717, 1.165) is 24.1 Å². The molecule has 0 radical (unpaired) electrons. The van der Waals surface area contributed by atoms with E-state index in [1.807, 2.05) is 24.3 Å². The fourth-order valence-corrected chi connectivity index (χ4v) is 2.23. The summed E-state index contributed by atoms with van der Waals surface area (Å²) in [5, 5.41) is 12.5. The molecule has 2 aromatic rings. The van der Waals surface area contributed by atoms with Crippen LogP contribution in [0.3, 0.4) is 0 Å². The summed E-state index contributed by atoms with van der Waals surface area (Å²) < 4.78 is 0. The molecule has 0 bridgehead atoms. The molecule has 1 unspecified atom stereocenters. The Bertz CT molecular complexity index is 611. The average Bonchev–Trinajstić information content (AvgIpc) is 2.52. The van der Waals surface area contributed by atoms with Crippen molar-refractivity contribution < 1.29 is 0 Å². The van der Waals surface area contributed by atoms with Crippen LogP contribution >= 0.6 is 0 Å². The minimum Gasteiger partial charge on any atom is -0.310 e. The van der Waals surface area contributed by atoms with E-state index in [9.17, 15) is 0 Å². The highest BCUT2D eigenvalue weighted by molar-refractivity contribution is 5.66. The molecule has 0 saturated heterocycles. The van der Waals surface area contributed by atoms with Gasteiger partial charge in [-0.05, 0) is 54.8 Å². The Morgan fingerprint density at radius 2 is 1.80 bits per heavy atom. The van der Waals surface area contributed by atoms with Crippen LogP contribution in [0.25, 0.3) is 11.1 Å². The maximum atomic E-state index is 8.99. The highest BCUT2D eigenvalue weighted by Crippen LogP contribution is 2.24. The molecule has 2 rings (SSSR count). The van der Waals surface area contributed by atoms with E-state index < -0.39 is 0 Å². The average molecular weight is 264 g/mol. The van der Waals surface area contributed by atoms with Crippen molar-refractivity contribution in [1.29, 1.82) is 5.26 Å². The second kappa shape index (κ2) is 6.88. The van der Waals surface area contributed by atoms with Crippen LogP contribution in [0.4, 0.5) is 0 Å². The quantitative estimate of drug-likeness (QED) is 0.874. The molecular weight excluding hydrogens is 244 g/mol. The smallest absolute Gasteiger partial charge is 0.0991 e. The second-order valence-corrected chi connectivity index (χ2v) is 4.99. The van der Waals surface area contributed by atoms with Gasteiger partial charge in [-0.15, -0.1) is 0 Å². The number of nitriles is 1. The zero-order chi connectivity index (χ0) is 14.4. The van der Waals surface area contributed by atoms with Crippen molar-refractivity contribution in [2.75, 3.05) is 6.54 Å². The van der Waals surface area contributed by atoms with Crippen LogP contribution in [-0.2, 0) is 0 Å². The summed E-state index contributed by atoms with van der Waals surface area (Å²) in [6.45, 7) is 5.37. The lowest BCUT2D eigenvalue weighted by Gasteiger charge is -2.15. The molecule has 1 N–H and O–H groups in total. The first-order valence-electron chi connectivity index (χ1n) is 7.08. The Hall–Kier alpha value is -2.11. The van der Waals surface area contributed by atoms with Crippen LogP contribution in [0.15, 0.2) is 48.5 Å². The van der Waals surface area contributed by atoms with Gasteiger partial charge in [-0.1, -0.05) is 37.3 Å². The lowest BCUT2D eigenvalue weighted by atomic mass is 9.99. The van der Waals surface area contributed by atoms with Gasteiger partial charge in [0.15, 0.2) is 0 Å². The molecule has 102 valence electrons. The Balaban J connectivity index is 2.27. The zero-order valence-corrected chi connectivity index (χ0v) is 12.1. The standard InChI is InChI=1S/C18H20N2/c1-3-10-20-14(2)16-7-5-9-18(12-16)17-8-4-6-15(11-17)13-19/h4-9,11-12,14,20H,3,10H2,1-2H3. The number of hydrogen-bond acceptors (Lipinski definition) is 2. The Morgan fingerprint density at radius 1 is 1.10 bits per heavy atom. The molecule has 2 heteroatoms. The van der Waals surface area contributed by atoms with Crippen molar-refractivity contribution in [3.8, 4) is 17.2 Å². The number of nitrogens with one attached hydrogen (secondary N) is 1. The third-order valence-electron chi connectivity index (χ3n) is 3.41. The van der Waals surface area contributed by atoms with Crippen LogP contribution in [0.1, 0.15) is 37.4 Å². The van der Waals surface area contributed by atoms with Crippen molar-refractivity contribution in [1.82, 2.24) is 5.32 Å². The molecule has 0 spiro atoms. The number of rotatable bonds is 5. The lowest BCUT2D eigenvalue weighted by molar-refractivity contribution is 0.571. The Labute approximate surface area is 121 Å². The monoisotopic (exact) mass is 264 g/mol. The van der Waals surface area contributed by atoms with Crippen molar-refractivity contribution in [3.05, 3.63) is 59.7 Å². The highest BCUT2D eigenvalue weighted by atomic mass is 14.9. The number of hydrogen-bond donors (Lipinski definition) is 1. The molecule has 0 amide bonds. The molecule has 2 nitrogen and oxygen atoms in total. The molecule has 0 aliphatic carbocycles. The minimum absolute atomic E-state index is 0.342. The van der Waals surface area contributed by atoms with E-state index in [0.29, 0.717) is 11.6 Å². The van der Waals surface area contributed by atoms with Gasteiger partial charge in [0.1, 0.15) is 0 Å². The van der Waals surface area contributed by atoms with E-state index in [2.05, 4.69) is 49.5 Å². The summed E-state index contributed by atoms with van der Waals surface area (Å²) in [5.74, 6) is 0. The van der Waals surface area contributed by atoms with Crippen LogP contribution < -0.4 is 5.32 Å². The lowest BCUT2D eigenvalue weighted by Crippen LogP contribution is -2.19. The highest BCUT2D eigenvalue weighted by Gasteiger charge is 2.06. The molecule has 0 fully saturated rings. The molecule has 2 aromatic carbocycles. The molecule has 0 saturated carbocycles. The van der Waals surface area contributed by atoms with Gasteiger partial charge in [0.05, 0.1) is 11.6 Å². The van der Waals surface area contributed by atoms with Crippen LogP contribution in [-0.4, -0.2) is 6.54 Å². The summed E-state index contributed by atoms with van der Waals surface area (Å²) in [5.41, 5.74) is 4.22. The van der Waals surface area contributed by atoms with E-state index in [4.69, 9.17) is 5.26 Å². The van der Waals surface area contributed by atoms with Gasteiger partial charge in [0, 0.05) is 6.04 Å². The van der Waals surface area contributed by atoms with Crippen molar-refractivity contribution in [2.24, 2.45) is 0 Å². The first-order valence-corrected chi connectivity index (χ1v) is 7.08. The summed E-state index contributed by atoms with van der Waals surface area (Å²) >= 11 is 0. The molecule has 0 heterocycles. The third kappa shape index (κ3) is 3.46. The summed E-state index contributed by atoms with van der Waals surface area (Å²) in [6, 6.07) is 18.8. The second-order valence-electron chi connectivity index (χ2n) is 4.99. The number of nitrogens with zero attached hydrogens (tertiary/aromatic N) is 1. The molecule has 0 aromatic heterocycles. The third-order valence-corrected chi connectivity index (χ3v) is 3.41.